The predicted octanol–water partition coefficient (Wildman–Crippen LogP) is 5.20. The number of nitrogens with zero attached hydrogens (tertiary/aromatic N) is 1. The Kier molecular flexibility index (Phi) is 6.67. The molecule has 1 aromatic heterocycles. The van der Waals surface area contributed by atoms with Gasteiger partial charge in [-0.05, 0) is 54.1 Å². The molecule has 1 atom stereocenters. The molecule has 1 saturated carbocycles. The second kappa shape index (κ2) is 9.79. The zero-order valence-electron chi connectivity index (χ0n) is 17.5. The molecule has 2 aromatic carbocycles. The molecule has 31 heavy (non-hydrogen) atoms. The first kappa shape index (κ1) is 21.1. The van der Waals surface area contributed by atoms with E-state index < -0.39 is 6.04 Å². The van der Waals surface area contributed by atoms with Crippen molar-refractivity contribution in [1.82, 2.24) is 5.32 Å². The fourth-order valence-corrected chi connectivity index (χ4v) is 4.71. The van der Waals surface area contributed by atoms with E-state index in [2.05, 4.69) is 5.32 Å². The summed E-state index contributed by atoms with van der Waals surface area (Å²) in [6.45, 7) is 0. The third-order valence-corrected chi connectivity index (χ3v) is 6.48. The third kappa shape index (κ3) is 4.80. The Bertz CT molecular complexity index is 997. The summed E-state index contributed by atoms with van der Waals surface area (Å²) in [5.74, 6) is 0.341. The van der Waals surface area contributed by atoms with Gasteiger partial charge in [0.05, 0.1) is 12.0 Å². The van der Waals surface area contributed by atoms with Crippen LogP contribution in [-0.2, 0) is 4.79 Å². The zero-order valence-corrected chi connectivity index (χ0v) is 18.3. The summed E-state index contributed by atoms with van der Waals surface area (Å²) < 4.78 is 5.28. The van der Waals surface area contributed by atoms with Crippen molar-refractivity contribution in [3.05, 3.63) is 82.6 Å². The molecule has 0 spiro atoms. The first-order valence-electron chi connectivity index (χ1n) is 10.5. The lowest BCUT2D eigenvalue weighted by Crippen LogP contribution is -2.46. The van der Waals surface area contributed by atoms with Crippen molar-refractivity contribution in [1.29, 1.82) is 0 Å². The van der Waals surface area contributed by atoms with Crippen LogP contribution < -0.4 is 15.0 Å². The Balaban J connectivity index is 1.77. The molecule has 0 radical (unpaired) electrons. The van der Waals surface area contributed by atoms with Gasteiger partial charge in [-0.25, -0.2) is 0 Å². The van der Waals surface area contributed by atoms with Crippen LogP contribution in [0.25, 0.3) is 0 Å². The van der Waals surface area contributed by atoms with E-state index in [4.69, 9.17) is 4.74 Å². The second-order valence-electron chi connectivity index (χ2n) is 7.65. The largest absolute Gasteiger partial charge is 0.497 e. The van der Waals surface area contributed by atoms with E-state index >= 15 is 0 Å². The van der Waals surface area contributed by atoms with Crippen LogP contribution in [0.3, 0.4) is 0 Å². The molecule has 0 bridgehead atoms. The molecule has 2 amide bonds. The van der Waals surface area contributed by atoms with Crippen LogP contribution in [-0.4, -0.2) is 25.0 Å². The summed E-state index contributed by atoms with van der Waals surface area (Å²) in [7, 11) is 1.60. The van der Waals surface area contributed by atoms with Gasteiger partial charge in [0.15, 0.2) is 0 Å². The third-order valence-electron chi connectivity index (χ3n) is 5.62. The fourth-order valence-electron chi connectivity index (χ4n) is 4.05. The highest BCUT2D eigenvalue weighted by molar-refractivity contribution is 7.12. The number of carbonyl (C=O) groups excluding carboxylic acids is 2. The standard InChI is InChI=1S/C25H26N2O3S/c1-30-21-15-13-20(14-16-21)27(25(29)22-12-7-17-31-22)23(18-8-3-2-4-9-18)24(28)26-19-10-5-6-11-19/h2-4,7-9,12-17,19,23H,5-6,10-11H2,1H3,(H,26,28)/t23-/m1/s1. The topological polar surface area (TPSA) is 58.6 Å². The highest BCUT2D eigenvalue weighted by Gasteiger charge is 2.35. The average molecular weight is 435 g/mol. The molecule has 0 unspecified atom stereocenters. The molecule has 1 fully saturated rings. The van der Waals surface area contributed by atoms with Gasteiger partial charge in [0.2, 0.25) is 5.91 Å². The summed E-state index contributed by atoms with van der Waals surface area (Å²) in [6.07, 6.45) is 4.21. The maximum absolute atomic E-state index is 13.6. The first-order chi connectivity index (χ1) is 15.2. The van der Waals surface area contributed by atoms with E-state index in [1.54, 1.807) is 30.2 Å². The number of thiophene rings is 1. The van der Waals surface area contributed by atoms with Crippen LogP contribution in [0.4, 0.5) is 5.69 Å². The van der Waals surface area contributed by atoms with Gasteiger partial charge < -0.3 is 10.1 Å². The summed E-state index contributed by atoms with van der Waals surface area (Å²) in [5.41, 5.74) is 1.42. The van der Waals surface area contributed by atoms with Crippen LogP contribution in [0, 0.1) is 0 Å². The first-order valence-corrected chi connectivity index (χ1v) is 11.4. The van der Waals surface area contributed by atoms with Crippen molar-refractivity contribution >= 4 is 28.8 Å². The molecule has 3 aromatic rings. The van der Waals surface area contributed by atoms with Gasteiger partial charge in [0.25, 0.3) is 5.91 Å². The number of anilines is 1. The Morgan fingerprint density at radius 1 is 1.00 bits per heavy atom. The SMILES string of the molecule is COc1ccc(N(C(=O)c2cccs2)[C@@H](C(=O)NC2CCCC2)c2ccccc2)cc1. The Morgan fingerprint density at radius 3 is 2.32 bits per heavy atom. The van der Waals surface area contributed by atoms with Crippen molar-refractivity contribution in [2.45, 2.75) is 37.8 Å². The van der Waals surface area contributed by atoms with E-state index in [0.717, 1.165) is 31.2 Å². The summed E-state index contributed by atoms with van der Waals surface area (Å²) in [4.78, 5) is 29.4. The average Bonchev–Trinajstić information content (AvgIpc) is 3.52. The summed E-state index contributed by atoms with van der Waals surface area (Å²) in [6, 6.07) is 19.8. The highest BCUT2D eigenvalue weighted by Crippen LogP contribution is 2.32. The van der Waals surface area contributed by atoms with E-state index in [9.17, 15) is 9.59 Å². The Morgan fingerprint density at radius 2 is 1.71 bits per heavy atom. The van der Waals surface area contributed by atoms with E-state index in [-0.39, 0.29) is 17.9 Å². The van der Waals surface area contributed by atoms with Gasteiger partial charge in [0, 0.05) is 11.7 Å². The molecule has 1 aliphatic rings. The van der Waals surface area contributed by atoms with Crippen LogP contribution in [0.1, 0.15) is 47.0 Å². The van der Waals surface area contributed by atoms with E-state index in [1.807, 2.05) is 53.9 Å². The lowest BCUT2D eigenvalue weighted by atomic mass is 10.0. The molecule has 160 valence electrons. The minimum Gasteiger partial charge on any atom is -0.497 e. The second-order valence-corrected chi connectivity index (χ2v) is 8.60. The molecular formula is C25H26N2O3S. The number of carbonyl (C=O) groups is 2. The molecule has 0 saturated heterocycles. The molecule has 1 N–H and O–H groups in total. The van der Waals surface area contributed by atoms with Crippen LogP contribution >= 0.6 is 11.3 Å². The van der Waals surface area contributed by atoms with Crippen molar-refractivity contribution in [2.24, 2.45) is 0 Å². The molecule has 0 aliphatic heterocycles. The quantitative estimate of drug-likeness (QED) is 0.556. The molecule has 4 rings (SSSR count). The summed E-state index contributed by atoms with van der Waals surface area (Å²) in [5, 5.41) is 5.07. The van der Waals surface area contributed by atoms with Crippen LogP contribution in [0.2, 0.25) is 0 Å². The van der Waals surface area contributed by atoms with Gasteiger partial charge in [-0.2, -0.15) is 0 Å². The van der Waals surface area contributed by atoms with Gasteiger partial charge in [-0.15, -0.1) is 11.3 Å². The van der Waals surface area contributed by atoms with Gasteiger partial charge >= 0.3 is 0 Å². The number of ether oxygens (including phenoxy) is 1. The normalized spacial score (nSPS) is 14.7. The highest BCUT2D eigenvalue weighted by atomic mass is 32.1. The monoisotopic (exact) mass is 434 g/mol. The minimum atomic E-state index is -0.773. The van der Waals surface area contributed by atoms with Gasteiger partial charge in [0.1, 0.15) is 11.8 Å². The number of hydrogen-bond donors (Lipinski definition) is 1. The van der Waals surface area contributed by atoms with Crippen LogP contribution in [0.5, 0.6) is 5.75 Å². The van der Waals surface area contributed by atoms with Crippen LogP contribution in [0.15, 0.2) is 72.1 Å². The van der Waals surface area contributed by atoms with Crippen molar-refractivity contribution in [3.63, 3.8) is 0 Å². The minimum absolute atomic E-state index is 0.154. The van der Waals surface area contributed by atoms with E-state index in [1.165, 1.54) is 11.3 Å². The van der Waals surface area contributed by atoms with Gasteiger partial charge in [-0.3, -0.25) is 14.5 Å². The van der Waals surface area contributed by atoms with Gasteiger partial charge in [-0.1, -0.05) is 49.2 Å². The van der Waals surface area contributed by atoms with Crippen molar-refractivity contribution < 1.29 is 14.3 Å². The Hall–Kier alpha value is -3.12. The number of nitrogens with one attached hydrogen (secondary N) is 1. The molecule has 5 nitrogen and oxygen atoms in total. The smallest absolute Gasteiger partial charge is 0.269 e. The van der Waals surface area contributed by atoms with Crippen molar-refractivity contribution in [2.75, 3.05) is 12.0 Å². The van der Waals surface area contributed by atoms with Crippen molar-refractivity contribution in [3.8, 4) is 5.75 Å². The number of amides is 2. The van der Waals surface area contributed by atoms with E-state index in [0.29, 0.717) is 16.3 Å². The predicted molar refractivity (Wildman–Crippen MR) is 124 cm³/mol. The number of rotatable bonds is 7. The number of methoxy groups -OCH3 is 1. The maximum atomic E-state index is 13.6. The molecule has 1 heterocycles. The number of benzene rings is 2. The molecule has 6 heteroatoms. The number of hydrogen-bond acceptors (Lipinski definition) is 4. The summed E-state index contributed by atoms with van der Waals surface area (Å²) >= 11 is 1.37. The zero-order chi connectivity index (χ0) is 21.6. The Labute approximate surface area is 186 Å². The fraction of sp³-hybridized carbons (Fsp3) is 0.280. The molecule has 1 aliphatic carbocycles. The maximum Gasteiger partial charge on any atom is 0.269 e. The lowest BCUT2D eigenvalue weighted by molar-refractivity contribution is -0.123. The lowest BCUT2D eigenvalue weighted by Gasteiger charge is -2.32. The molecular weight excluding hydrogens is 408 g/mol.